The van der Waals surface area contributed by atoms with Crippen molar-refractivity contribution in [3.63, 3.8) is 0 Å². The summed E-state index contributed by atoms with van der Waals surface area (Å²) in [5, 5.41) is 46.9. The second-order valence-electron chi connectivity index (χ2n) is 6.28. The molecule has 0 saturated heterocycles. The first-order chi connectivity index (χ1) is 12.0. The minimum absolute atomic E-state index is 0.193. The number of unbranched alkanes of at least 4 members (excludes halogenated alkanes) is 8. The number of phenolic OH excluding ortho intramolecular Hbond substituents is 1. The number of aromatic hydroxyl groups is 1. The van der Waals surface area contributed by atoms with Crippen LogP contribution in [0.2, 0.25) is 0 Å². The van der Waals surface area contributed by atoms with Gasteiger partial charge in [-0.2, -0.15) is 0 Å². The molecule has 0 aliphatic carbocycles. The first-order valence-electron chi connectivity index (χ1n) is 9.05. The van der Waals surface area contributed by atoms with E-state index in [-0.39, 0.29) is 11.1 Å². The van der Waals surface area contributed by atoms with E-state index in [2.05, 4.69) is 18.8 Å². The average molecular weight is 350 g/mol. The Morgan fingerprint density at radius 2 is 1.28 bits per heavy atom. The molecule has 0 fully saturated rings. The summed E-state index contributed by atoms with van der Waals surface area (Å²) in [5.41, 5.74) is 0.0209. The summed E-state index contributed by atoms with van der Waals surface area (Å²) in [7, 11) is 0. The Hall–Kier alpha value is -1.58. The van der Waals surface area contributed by atoms with Gasteiger partial charge in [-0.1, -0.05) is 63.7 Å². The van der Waals surface area contributed by atoms with Gasteiger partial charge in [-0.3, -0.25) is 0 Å². The second kappa shape index (κ2) is 11.9. The zero-order valence-corrected chi connectivity index (χ0v) is 14.9. The predicted octanol–water partition coefficient (Wildman–Crippen LogP) is 3.24. The van der Waals surface area contributed by atoms with Crippen LogP contribution in [0.5, 0.6) is 5.75 Å². The van der Waals surface area contributed by atoms with Crippen molar-refractivity contribution >= 4 is 0 Å². The molecule has 0 spiro atoms. The molecule has 1 aromatic carbocycles. The Balaban J connectivity index is 2.51. The van der Waals surface area contributed by atoms with E-state index in [4.69, 9.17) is 0 Å². The van der Waals surface area contributed by atoms with Gasteiger partial charge < -0.3 is 25.5 Å². The van der Waals surface area contributed by atoms with E-state index in [1.54, 1.807) is 0 Å². The minimum atomic E-state index is -1.91. The molecular formula is C20H30O5. The lowest BCUT2D eigenvalue weighted by Crippen LogP contribution is -2.03. The van der Waals surface area contributed by atoms with E-state index in [0.29, 0.717) is 5.56 Å². The molecule has 0 unspecified atom stereocenters. The highest BCUT2D eigenvalue weighted by atomic mass is 16.5. The molecule has 5 heteroatoms. The van der Waals surface area contributed by atoms with Gasteiger partial charge in [0.05, 0.1) is 11.1 Å². The van der Waals surface area contributed by atoms with Gasteiger partial charge in [0, 0.05) is 12.0 Å². The summed E-state index contributed by atoms with van der Waals surface area (Å²) in [5.74, 6) is 5.34. The van der Waals surface area contributed by atoms with Crippen molar-refractivity contribution in [2.24, 2.45) is 0 Å². The Kier molecular flexibility index (Phi) is 10.2. The maximum Gasteiger partial charge on any atom is 0.182 e. The van der Waals surface area contributed by atoms with Crippen molar-refractivity contribution in [2.75, 3.05) is 0 Å². The molecule has 1 aromatic rings. The molecule has 0 atom stereocenters. The summed E-state index contributed by atoms with van der Waals surface area (Å²) in [6, 6.07) is 2.68. The van der Waals surface area contributed by atoms with Crippen LogP contribution in [0.25, 0.3) is 0 Å². The second-order valence-corrected chi connectivity index (χ2v) is 6.28. The molecule has 5 N–H and O–H groups in total. The summed E-state index contributed by atoms with van der Waals surface area (Å²) in [6.45, 7) is 2.21. The van der Waals surface area contributed by atoms with Crippen LogP contribution >= 0.6 is 0 Å². The van der Waals surface area contributed by atoms with Crippen molar-refractivity contribution in [2.45, 2.75) is 77.3 Å². The van der Waals surface area contributed by atoms with Crippen LogP contribution in [0.4, 0.5) is 0 Å². The summed E-state index contributed by atoms with van der Waals surface area (Å²) in [4.78, 5) is 0. The normalized spacial score (nSPS) is 11.0. The molecule has 0 aromatic heterocycles. The van der Waals surface area contributed by atoms with Gasteiger partial charge in [0.2, 0.25) is 0 Å². The van der Waals surface area contributed by atoms with Crippen molar-refractivity contribution in [3.8, 4) is 17.6 Å². The molecular weight excluding hydrogens is 320 g/mol. The summed E-state index contributed by atoms with van der Waals surface area (Å²) in [6.07, 6.45) is 6.71. The van der Waals surface area contributed by atoms with Crippen LogP contribution in [0.1, 0.15) is 94.0 Å². The van der Waals surface area contributed by atoms with Gasteiger partial charge in [-0.05, 0) is 18.6 Å². The van der Waals surface area contributed by atoms with Gasteiger partial charge in [-0.15, -0.1) is 0 Å². The topological polar surface area (TPSA) is 101 Å². The third-order valence-corrected chi connectivity index (χ3v) is 4.11. The molecule has 25 heavy (non-hydrogen) atoms. The van der Waals surface area contributed by atoms with Gasteiger partial charge in [-0.25, -0.2) is 0 Å². The number of rotatable bonds is 10. The number of hydrogen-bond donors (Lipinski definition) is 5. The van der Waals surface area contributed by atoms with Gasteiger partial charge in [0.25, 0.3) is 0 Å². The summed E-state index contributed by atoms with van der Waals surface area (Å²) < 4.78 is 0. The Morgan fingerprint density at radius 1 is 0.800 bits per heavy atom. The standard InChI is InChI=1S/C20H30O5/c1-2-3-4-5-6-7-8-9-10-11-12-15-13-16(19(22)23)18(21)17(14-15)20(24)25/h13-14,19-25H,2-10H2,1H3. The number of aliphatic hydroxyl groups excluding tert-OH is 2. The number of hydrogen-bond acceptors (Lipinski definition) is 5. The smallest absolute Gasteiger partial charge is 0.182 e. The zero-order valence-electron chi connectivity index (χ0n) is 14.9. The largest absolute Gasteiger partial charge is 0.507 e. The Morgan fingerprint density at radius 3 is 1.76 bits per heavy atom. The Labute approximate surface area is 150 Å². The highest BCUT2D eigenvalue weighted by molar-refractivity contribution is 5.50. The number of benzene rings is 1. The molecule has 0 heterocycles. The van der Waals surface area contributed by atoms with E-state index in [1.165, 1.54) is 50.7 Å². The van der Waals surface area contributed by atoms with Crippen LogP contribution < -0.4 is 0 Å². The SMILES string of the molecule is CCCCCCCCCCC#Cc1cc(C(O)O)c(O)c(C(O)O)c1. The molecule has 0 aliphatic rings. The van der Waals surface area contributed by atoms with Crippen LogP contribution in [0.15, 0.2) is 12.1 Å². The fourth-order valence-corrected chi connectivity index (χ4v) is 2.66. The molecule has 5 nitrogen and oxygen atoms in total. The van der Waals surface area contributed by atoms with Gasteiger partial charge in [0.15, 0.2) is 12.6 Å². The highest BCUT2D eigenvalue weighted by Gasteiger charge is 2.18. The van der Waals surface area contributed by atoms with Crippen molar-refractivity contribution in [1.82, 2.24) is 0 Å². The Bertz CT molecular complexity index is 540. The first-order valence-corrected chi connectivity index (χ1v) is 9.05. The van der Waals surface area contributed by atoms with E-state index >= 15 is 0 Å². The molecule has 0 saturated carbocycles. The molecule has 140 valence electrons. The van der Waals surface area contributed by atoms with Crippen LogP contribution in [-0.4, -0.2) is 25.5 Å². The van der Waals surface area contributed by atoms with Crippen molar-refractivity contribution < 1.29 is 25.5 Å². The summed E-state index contributed by atoms with van der Waals surface area (Å²) >= 11 is 0. The molecule has 0 radical (unpaired) electrons. The van der Waals surface area contributed by atoms with E-state index in [1.807, 2.05) is 0 Å². The van der Waals surface area contributed by atoms with Crippen LogP contribution in [-0.2, 0) is 0 Å². The lowest BCUT2D eigenvalue weighted by atomic mass is 10.0. The minimum Gasteiger partial charge on any atom is -0.507 e. The predicted molar refractivity (Wildman–Crippen MR) is 96.6 cm³/mol. The fraction of sp³-hybridized carbons (Fsp3) is 0.600. The van der Waals surface area contributed by atoms with Crippen molar-refractivity contribution in [3.05, 3.63) is 28.8 Å². The number of aliphatic hydroxyl groups is 4. The quantitative estimate of drug-likeness (QED) is 0.253. The van der Waals surface area contributed by atoms with E-state index < -0.39 is 18.3 Å². The van der Waals surface area contributed by atoms with Crippen LogP contribution in [0, 0.1) is 11.8 Å². The zero-order chi connectivity index (χ0) is 18.7. The fourth-order valence-electron chi connectivity index (χ4n) is 2.66. The first kappa shape index (κ1) is 21.5. The molecule has 1 rings (SSSR count). The number of phenols is 1. The maximum atomic E-state index is 9.81. The van der Waals surface area contributed by atoms with Crippen molar-refractivity contribution in [1.29, 1.82) is 0 Å². The molecule has 0 bridgehead atoms. The van der Waals surface area contributed by atoms with Gasteiger partial charge in [0.1, 0.15) is 5.75 Å². The van der Waals surface area contributed by atoms with E-state index in [0.717, 1.165) is 19.3 Å². The third-order valence-electron chi connectivity index (χ3n) is 4.11. The lowest BCUT2D eigenvalue weighted by Gasteiger charge is -2.13. The average Bonchev–Trinajstić information content (AvgIpc) is 2.57. The monoisotopic (exact) mass is 350 g/mol. The highest BCUT2D eigenvalue weighted by Crippen LogP contribution is 2.31. The lowest BCUT2D eigenvalue weighted by molar-refractivity contribution is -0.0502. The third kappa shape index (κ3) is 7.89. The van der Waals surface area contributed by atoms with Gasteiger partial charge >= 0.3 is 0 Å². The molecule has 0 amide bonds. The van der Waals surface area contributed by atoms with Crippen LogP contribution in [0.3, 0.4) is 0 Å². The maximum absolute atomic E-state index is 9.81. The molecule has 0 aliphatic heterocycles. The van der Waals surface area contributed by atoms with E-state index in [9.17, 15) is 25.5 Å².